The maximum absolute atomic E-state index is 5.14. The monoisotopic (exact) mass is 394 g/mol. The fourth-order valence-corrected chi connectivity index (χ4v) is 3.08. The topological polar surface area (TPSA) is 76.4 Å². The summed E-state index contributed by atoms with van der Waals surface area (Å²) in [6.45, 7) is 6.03. The molecule has 0 fully saturated rings. The number of nitrogens with zero attached hydrogens (tertiary/aromatic N) is 4. The molecule has 3 rings (SSSR count). The van der Waals surface area contributed by atoms with Crippen LogP contribution in [0, 0.1) is 6.92 Å². The van der Waals surface area contributed by atoms with Crippen LogP contribution in [0.5, 0.6) is 0 Å². The molecule has 0 bridgehead atoms. The number of hydrogen-bond donors (Lipinski definition) is 2. The number of ether oxygens (including phenoxy) is 1. The molecule has 7 heteroatoms. The lowest BCUT2D eigenvalue weighted by molar-refractivity contribution is 0.195. The maximum Gasteiger partial charge on any atom is 0.192 e. The largest absolute Gasteiger partial charge is 0.385 e. The molecule has 29 heavy (non-hydrogen) atoms. The number of fused-ring (bicyclic) bond motifs is 1. The molecule has 2 aromatic carbocycles. The van der Waals surface area contributed by atoms with E-state index in [0.29, 0.717) is 13.2 Å². The molecule has 1 atom stereocenters. The first-order valence-corrected chi connectivity index (χ1v) is 9.96. The van der Waals surface area contributed by atoms with Crippen molar-refractivity contribution in [2.45, 2.75) is 32.9 Å². The van der Waals surface area contributed by atoms with E-state index in [9.17, 15) is 0 Å². The van der Waals surface area contributed by atoms with Crippen LogP contribution in [-0.4, -0.2) is 41.0 Å². The Morgan fingerprint density at radius 2 is 1.97 bits per heavy atom. The van der Waals surface area contributed by atoms with E-state index in [4.69, 9.17) is 9.73 Å². The Morgan fingerprint density at radius 1 is 1.17 bits per heavy atom. The molecule has 0 aliphatic rings. The molecule has 0 saturated carbocycles. The van der Waals surface area contributed by atoms with Crippen molar-refractivity contribution in [2.24, 2.45) is 12.0 Å². The Bertz CT molecular complexity index is 965. The van der Waals surface area contributed by atoms with Gasteiger partial charge < -0.3 is 19.9 Å². The minimum absolute atomic E-state index is 0.106. The van der Waals surface area contributed by atoms with Gasteiger partial charge in [-0.15, -0.1) is 10.2 Å². The second-order valence-corrected chi connectivity index (χ2v) is 7.13. The molecule has 2 N–H and O–H groups in total. The summed E-state index contributed by atoms with van der Waals surface area (Å²) >= 11 is 0. The highest BCUT2D eigenvalue weighted by atomic mass is 16.5. The van der Waals surface area contributed by atoms with Crippen molar-refractivity contribution in [1.82, 2.24) is 25.4 Å². The van der Waals surface area contributed by atoms with Gasteiger partial charge >= 0.3 is 0 Å². The van der Waals surface area contributed by atoms with Crippen LogP contribution in [0.3, 0.4) is 0 Å². The molecule has 3 aromatic rings. The van der Waals surface area contributed by atoms with Crippen molar-refractivity contribution in [3.63, 3.8) is 0 Å². The second-order valence-electron chi connectivity index (χ2n) is 7.13. The fourth-order valence-electron chi connectivity index (χ4n) is 3.08. The van der Waals surface area contributed by atoms with Gasteiger partial charge in [0.05, 0.1) is 6.04 Å². The van der Waals surface area contributed by atoms with Crippen molar-refractivity contribution < 1.29 is 4.74 Å². The van der Waals surface area contributed by atoms with Gasteiger partial charge in [0.2, 0.25) is 0 Å². The maximum atomic E-state index is 5.14. The van der Waals surface area contributed by atoms with E-state index in [0.717, 1.165) is 30.6 Å². The van der Waals surface area contributed by atoms with Gasteiger partial charge in [-0.3, -0.25) is 0 Å². The van der Waals surface area contributed by atoms with Gasteiger partial charge in [-0.1, -0.05) is 36.4 Å². The Hall–Kier alpha value is -2.93. The molecule has 0 aliphatic carbocycles. The number of hydrogen-bond acceptors (Lipinski definition) is 4. The smallest absolute Gasteiger partial charge is 0.192 e. The summed E-state index contributed by atoms with van der Waals surface area (Å²) in [7, 11) is 3.67. The summed E-state index contributed by atoms with van der Waals surface area (Å²) in [5.41, 5.74) is 1.21. The molecule has 7 nitrogen and oxygen atoms in total. The third-order valence-corrected chi connectivity index (χ3v) is 5.01. The first-order chi connectivity index (χ1) is 14.1. The highest BCUT2D eigenvalue weighted by molar-refractivity contribution is 5.84. The van der Waals surface area contributed by atoms with E-state index in [-0.39, 0.29) is 6.04 Å². The van der Waals surface area contributed by atoms with Crippen molar-refractivity contribution in [2.75, 3.05) is 20.3 Å². The van der Waals surface area contributed by atoms with Gasteiger partial charge in [0.1, 0.15) is 12.4 Å². The van der Waals surface area contributed by atoms with Gasteiger partial charge in [-0.25, -0.2) is 4.99 Å². The van der Waals surface area contributed by atoms with Gasteiger partial charge in [0, 0.05) is 27.3 Å². The molecule has 1 aromatic heterocycles. The Labute approximate surface area is 172 Å². The average Bonchev–Trinajstić information content (AvgIpc) is 3.06. The molecular formula is C22H30N6O. The first-order valence-electron chi connectivity index (χ1n) is 9.96. The van der Waals surface area contributed by atoms with Crippen molar-refractivity contribution >= 4 is 16.7 Å². The lowest BCUT2D eigenvalue weighted by Crippen LogP contribution is -2.39. The lowest BCUT2D eigenvalue weighted by Gasteiger charge is -2.19. The molecule has 1 heterocycles. The number of aryl methyl sites for hydroxylation is 1. The summed E-state index contributed by atoms with van der Waals surface area (Å²) < 4.78 is 7.10. The van der Waals surface area contributed by atoms with E-state index in [1.54, 1.807) is 7.11 Å². The number of aliphatic imine (C=N–C) groups is 1. The van der Waals surface area contributed by atoms with Crippen LogP contribution in [0.2, 0.25) is 0 Å². The van der Waals surface area contributed by atoms with Crippen LogP contribution in [0.25, 0.3) is 10.8 Å². The van der Waals surface area contributed by atoms with E-state index < -0.39 is 0 Å². The minimum Gasteiger partial charge on any atom is -0.385 e. The quantitative estimate of drug-likeness (QED) is 0.349. The number of nitrogens with one attached hydrogen (secondary N) is 2. The molecule has 1 unspecified atom stereocenters. The minimum atomic E-state index is 0.106. The van der Waals surface area contributed by atoms with Gasteiger partial charge in [-0.2, -0.15) is 0 Å². The number of guanidine groups is 1. The third kappa shape index (κ3) is 5.54. The molecule has 0 spiro atoms. The summed E-state index contributed by atoms with van der Waals surface area (Å²) in [5.74, 6) is 2.46. The summed E-state index contributed by atoms with van der Waals surface area (Å²) in [5, 5.41) is 17.7. The summed E-state index contributed by atoms with van der Waals surface area (Å²) in [6, 6.07) is 15.0. The molecule has 0 aliphatic heterocycles. The Kier molecular flexibility index (Phi) is 7.19. The zero-order valence-electron chi connectivity index (χ0n) is 17.6. The van der Waals surface area contributed by atoms with Crippen LogP contribution in [0.1, 0.15) is 36.6 Å². The second kappa shape index (κ2) is 10.0. The zero-order chi connectivity index (χ0) is 20.6. The third-order valence-electron chi connectivity index (χ3n) is 5.01. The zero-order valence-corrected chi connectivity index (χ0v) is 17.6. The molecular weight excluding hydrogens is 364 g/mol. The fraction of sp³-hybridized carbons (Fsp3) is 0.409. The van der Waals surface area contributed by atoms with E-state index in [1.165, 1.54) is 16.3 Å². The Balaban J connectivity index is 1.73. The SMILES string of the molecule is COCCCNC(=NCc1nnc(C)n1C)NC(C)c1ccc2ccccc2c1. The number of aromatic nitrogens is 3. The first kappa shape index (κ1) is 20.8. The van der Waals surface area contributed by atoms with E-state index in [2.05, 4.69) is 70.2 Å². The normalized spacial score (nSPS) is 12.9. The average molecular weight is 395 g/mol. The van der Waals surface area contributed by atoms with Crippen molar-refractivity contribution in [3.05, 3.63) is 59.7 Å². The van der Waals surface area contributed by atoms with Crippen LogP contribution < -0.4 is 10.6 Å². The predicted molar refractivity (Wildman–Crippen MR) is 117 cm³/mol. The molecule has 0 amide bonds. The highest BCUT2D eigenvalue weighted by Crippen LogP contribution is 2.20. The van der Waals surface area contributed by atoms with Gasteiger partial charge in [-0.05, 0) is 42.7 Å². The molecule has 0 saturated heterocycles. The van der Waals surface area contributed by atoms with Crippen LogP contribution in [0.4, 0.5) is 0 Å². The lowest BCUT2D eigenvalue weighted by atomic mass is 10.0. The van der Waals surface area contributed by atoms with Crippen LogP contribution >= 0.6 is 0 Å². The van der Waals surface area contributed by atoms with Crippen molar-refractivity contribution in [1.29, 1.82) is 0 Å². The Morgan fingerprint density at radius 3 is 2.69 bits per heavy atom. The van der Waals surface area contributed by atoms with E-state index in [1.807, 2.05) is 18.5 Å². The number of benzene rings is 2. The summed E-state index contributed by atoms with van der Waals surface area (Å²) in [4.78, 5) is 4.72. The highest BCUT2D eigenvalue weighted by Gasteiger charge is 2.10. The number of rotatable bonds is 8. The van der Waals surface area contributed by atoms with Crippen molar-refractivity contribution in [3.8, 4) is 0 Å². The van der Waals surface area contributed by atoms with Gasteiger partial charge in [0.25, 0.3) is 0 Å². The van der Waals surface area contributed by atoms with E-state index >= 15 is 0 Å². The standard InChI is InChI=1S/C22H30N6O/c1-16(19-11-10-18-8-5-6-9-20(18)14-19)25-22(23-12-7-13-29-4)24-15-21-27-26-17(2)28(21)3/h5-6,8-11,14,16H,7,12-13,15H2,1-4H3,(H2,23,24,25). The summed E-state index contributed by atoms with van der Waals surface area (Å²) in [6.07, 6.45) is 0.907. The number of methoxy groups -OCH3 is 1. The molecule has 0 radical (unpaired) electrons. The van der Waals surface area contributed by atoms with Crippen LogP contribution in [0.15, 0.2) is 47.5 Å². The molecule has 154 valence electrons. The van der Waals surface area contributed by atoms with Crippen LogP contribution in [-0.2, 0) is 18.3 Å². The predicted octanol–water partition coefficient (Wildman–Crippen LogP) is 3.11. The van der Waals surface area contributed by atoms with Gasteiger partial charge in [0.15, 0.2) is 11.8 Å².